The highest BCUT2D eigenvalue weighted by Crippen LogP contribution is 2.34. The van der Waals surface area contributed by atoms with E-state index in [1.54, 1.807) is 0 Å². The number of hydrogen-bond acceptors (Lipinski definition) is 9. The molecule has 10 heteroatoms. The second-order valence-corrected chi connectivity index (χ2v) is 4.58. The molecule has 3 heterocycles. The predicted octanol–water partition coefficient (Wildman–Crippen LogP) is -2.61. The fourth-order valence-corrected chi connectivity index (χ4v) is 2.35. The van der Waals surface area contributed by atoms with E-state index in [1.807, 2.05) is 0 Å². The van der Waals surface area contributed by atoms with Crippen LogP contribution in [-0.4, -0.2) is 60.3 Å². The lowest BCUT2D eigenvalue weighted by molar-refractivity contribution is -0.149. The maximum Gasteiger partial charge on any atom is 0.224 e. The van der Waals surface area contributed by atoms with Crippen LogP contribution in [0.25, 0.3) is 11.2 Å². The Labute approximate surface area is 112 Å². The lowest BCUT2D eigenvalue weighted by Gasteiger charge is -2.31. The molecule has 1 aliphatic rings. The second kappa shape index (κ2) is 4.24. The van der Waals surface area contributed by atoms with Gasteiger partial charge in [-0.05, 0) is 0 Å². The SMILES string of the molecule is Nc1nc(N)c2ncn([C@@]3(CO)OC[C@H](O)[C@@H]3O)c2n1. The number of rotatable bonds is 2. The zero-order chi connectivity index (χ0) is 14.5. The number of aliphatic hydroxyl groups is 3. The fraction of sp³-hybridized carbons (Fsp3) is 0.500. The molecule has 108 valence electrons. The van der Waals surface area contributed by atoms with Crippen LogP contribution in [0.15, 0.2) is 6.33 Å². The van der Waals surface area contributed by atoms with Gasteiger partial charge in [-0.2, -0.15) is 9.97 Å². The quantitative estimate of drug-likeness (QED) is 0.396. The Morgan fingerprint density at radius 3 is 2.75 bits per heavy atom. The van der Waals surface area contributed by atoms with Gasteiger partial charge in [0, 0.05) is 0 Å². The average molecular weight is 282 g/mol. The van der Waals surface area contributed by atoms with Crippen molar-refractivity contribution in [3.63, 3.8) is 0 Å². The zero-order valence-electron chi connectivity index (χ0n) is 10.3. The molecule has 2 aromatic heterocycles. The minimum atomic E-state index is -1.58. The summed E-state index contributed by atoms with van der Waals surface area (Å²) in [6.07, 6.45) is -1.18. The van der Waals surface area contributed by atoms with E-state index in [1.165, 1.54) is 10.9 Å². The first-order valence-corrected chi connectivity index (χ1v) is 5.87. The van der Waals surface area contributed by atoms with Crippen molar-refractivity contribution in [1.29, 1.82) is 0 Å². The Morgan fingerprint density at radius 1 is 1.40 bits per heavy atom. The van der Waals surface area contributed by atoms with Crippen molar-refractivity contribution in [2.24, 2.45) is 0 Å². The van der Waals surface area contributed by atoms with Crippen LogP contribution in [0.2, 0.25) is 0 Å². The van der Waals surface area contributed by atoms with Crippen LogP contribution in [0, 0.1) is 0 Å². The molecule has 0 bridgehead atoms. The van der Waals surface area contributed by atoms with Crippen LogP contribution in [-0.2, 0) is 10.5 Å². The number of fused-ring (bicyclic) bond motifs is 1. The third kappa shape index (κ3) is 1.56. The second-order valence-electron chi connectivity index (χ2n) is 4.58. The van der Waals surface area contributed by atoms with Gasteiger partial charge in [0.05, 0.1) is 19.5 Å². The van der Waals surface area contributed by atoms with Gasteiger partial charge in [-0.1, -0.05) is 0 Å². The number of ether oxygens (including phenoxy) is 1. The van der Waals surface area contributed by atoms with Crippen molar-refractivity contribution in [2.75, 3.05) is 24.7 Å². The molecular formula is C10H14N6O4. The van der Waals surface area contributed by atoms with Crippen molar-refractivity contribution in [3.8, 4) is 0 Å². The molecule has 0 aromatic carbocycles. The maximum atomic E-state index is 10.1. The molecule has 3 atom stereocenters. The van der Waals surface area contributed by atoms with Gasteiger partial charge in [0.25, 0.3) is 0 Å². The summed E-state index contributed by atoms with van der Waals surface area (Å²) in [6, 6.07) is 0. The first-order chi connectivity index (χ1) is 9.49. The summed E-state index contributed by atoms with van der Waals surface area (Å²) in [5.74, 6) is 0.00486. The maximum absolute atomic E-state index is 10.1. The summed E-state index contributed by atoms with van der Waals surface area (Å²) in [6.45, 7) is -0.710. The van der Waals surface area contributed by atoms with E-state index >= 15 is 0 Å². The largest absolute Gasteiger partial charge is 0.391 e. The van der Waals surface area contributed by atoms with E-state index in [4.69, 9.17) is 16.2 Å². The smallest absolute Gasteiger partial charge is 0.224 e. The average Bonchev–Trinajstić information content (AvgIpc) is 2.94. The monoisotopic (exact) mass is 282 g/mol. The van der Waals surface area contributed by atoms with Gasteiger partial charge in [-0.25, -0.2) is 4.98 Å². The number of aromatic nitrogens is 4. The highest BCUT2D eigenvalue weighted by Gasteiger charge is 2.51. The molecule has 0 radical (unpaired) electrons. The van der Waals surface area contributed by atoms with Crippen LogP contribution in [0.1, 0.15) is 0 Å². The van der Waals surface area contributed by atoms with Gasteiger partial charge in [-0.3, -0.25) is 4.57 Å². The number of nitrogens with zero attached hydrogens (tertiary/aromatic N) is 4. The van der Waals surface area contributed by atoms with Crippen LogP contribution in [0.4, 0.5) is 11.8 Å². The summed E-state index contributed by atoms with van der Waals surface area (Å²) in [4.78, 5) is 11.8. The number of hydrogen-bond donors (Lipinski definition) is 5. The van der Waals surface area contributed by atoms with Crippen molar-refractivity contribution in [3.05, 3.63) is 6.33 Å². The molecule has 10 nitrogen and oxygen atoms in total. The van der Waals surface area contributed by atoms with Gasteiger partial charge in [0.2, 0.25) is 5.95 Å². The minimum absolute atomic E-state index is 0.0714. The van der Waals surface area contributed by atoms with Crippen molar-refractivity contribution in [1.82, 2.24) is 19.5 Å². The first-order valence-electron chi connectivity index (χ1n) is 5.87. The Morgan fingerprint density at radius 2 is 2.15 bits per heavy atom. The van der Waals surface area contributed by atoms with E-state index < -0.39 is 24.5 Å². The van der Waals surface area contributed by atoms with Gasteiger partial charge in [0.1, 0.15) is 17.7 Å². The molecule has 0 unspecified atom stereocenters. The molecule has 1 fully saturated rings. The molecule has 20 heavy (non-hydrogen) atoms. The molecule has 1 saturated heterocycles. The minimum Gasteiger partial charge on any atom is -0.391 e. The van der Waals surface area contributed by atoms with Gasteiger partial charge in [-0.15, -0.1) is 0 Å². The standard InChI is InChI=1S/C10H14N6O4/c11-7-5-8(15-9(12)14-7)16(3-13-5)10(2-17)6(19)4(18)1-20-10/h3-4,6,17-19H,1-2H2,(H4,11,12,14,15)/t4-,6-,10-/m0/s1. The van der Waals surface area contributed by atoms with Crippen molar-refractivity contribution >= 4 is 22.9 Å². The summed E-state index contributed by atoms with van der Waals surface area (Å²) in [5.41, 5.74) is 10.1. The lowest BCUT2D eigenvalue weighted by atomic mass is 10.1. The van der Waals surface area contributed by atoms with E-state index in [9.17, 15) is 15.3 Å². The molecule has 2 aromatic rings. The van der Waals surface area contributed by atoms with E-state index in [0.29, 0.717) is 0 Å². The van der Waals surface area contributed by atoms with Crippen LogP contribution in [0.3, 0.4) is 0 Å². The van der Waals surface area contributed by atoms with Crippen LogP contribution < -0.4 is 11.5 Å². The topological polar surface area (TPSA) is 166 Å². The fourth-order valence-electron chi connectivity index (χ4n) is 2.35. The van der Waals surface area contributed by atoms with E-state index in [2.05, 4.69) is 15.0 Å². The van der Waals surface area contributed by atoms with Crippen molar-refractivity contribution in [2.45, 2.75) is 17.9 Å². The molecule has 0 amide bonds. The van der Waals surface area contributed by atoms with Crippen LogP contribution in [0.5, 0.6) is 0 Å². The molecule has 1 aliphatic heterocycles. The third-order valence-corrected chi connectivity index (χ3v) is 3.41. The lowest BCUT2D eigenvalue weighted by Crippen LogP contribution is -2.48. The van der Waals surface area contributed by atoms with Crippen molar-refractivity contribution < 1.29 is 20.1 Å². The van der Waals surface area contributed by atoms with E-state index in [-0.39, 0.29) is 29.5 Å². The Balaban J connectivity index is 2.23. The zero-order valence-corrected chi connectivity index (χ0v) is 10.3. The number of imidazole rings is 1. The Kier molecular flexibility index (Phi) is 2.76. The summed E-state index contributed by atoms with van der Waals surface area (Å²) in [7, 11) is 0. The Hall–Kier alpha value is -2.01. The van der Waals surface area contributed by atoms with Gasteiger partial charge >= 0.3 is 0 Å². The number of aliphatic hydroxyl groups excluding tert-OH is 3. The first kappa shape index (κ1) is 13.0. The normalized spacial score (nSPS) is 30.1. The van der Waals surface area contributed by atoms with Gasteiger partial charge < -0.3 is 31.5 Å². The molecule has 0 aliphatic carbocycles. The van der Waals surface area contributed by atoms with E-state index in [0.717, 1.165) is 0 Å². The summed E-state index contributed by atoms with van der Waals surface area (Å²) >= 11 is 0. The molecule has 0 spiro atoms. The summed E-state index contributed by atoms with van der Waals surface area (Å²) in [5, 5.41) is 29.4. The van der Waals surface area contributed by atoms with Crippen LogP contribution >= 0.6 is 0 Å². The number of nitrogens with two attached hydrogens (primary N) is 2. The summed E-state index contributed by atoms with van der Waals surface area (Å²) < 4.78 is 6.68. The Bertz CT molecular complexity index is 660. The highest BCUT2D eigenvalue weighted by atomic mass is 16.6. The third-order valence-electron chi connectivity index (χ3n) is 3.41. The number of nitrogen functional groups attached to an aromatic ring is 2. The molecule has 3 rings (SSSR count). The van der Waals surface area contributed by atoms with Gasteiger partial charge in [0.15, 0.2) is 17.2 Å². The molecule has 0 saturated carbocycles. The predicted molar refractivity (Wildman–Crippen MR) is 67.2 cm³/mol. The number of anilines is 2. The molecular weight excluding hydrogens is 268 g/mol. The highest BCUT2D eigenvalue weighted by molar-refractivity contribution is 5.82. The molecule has 7 N–H and O–H groups in total.